The molecule has 0 saturated heterocycles. The first-order valence-electron chi connectivity index (χ1n) is 11.2. The molecule has 0 saturated carbocycles. The molecule has 0 unspecified atom stereocenters. The number of hydrogen-bond acceptors (Lipinski definition) is 7. The Hall–Kier alpha value is -3.95. The van der Waals surface area contributed by atoms with Gasteiger partial charge in [0.05, 0.1) is 6.20 Å². The zero-order valence-electron chi connectivity index (χ0n) is 20.9. The lowest BCUT2D eigenvalue weighted by atomic mass is 10.1. The van der Waals surface area contributed by atoms with Crippen LogP contribution in [0.15, 0.2) is 42.7 Å². The van der Waals surface area contributed by atoms with Crippen molar-refractivity contribution in [2.75, 3.05) is 18.0 Å². The van der Waals surface area contributed by atoms with E-state index in [1.54, 1.807) is 82.7 Å². The highest BCUT2D eigenvalue weighted by atomic mass is 16.6. The predicted octanol–water partition coefficient (Wildman–Crippen LogP) is 4.48. The zero-order chi connectivity index (χ0) is 25.8. The fraction of sp³-hybridized carbons (Fsp3) is 0.400. The fourth-order valence-corrected chi connectivity index (χ4v) is 3.19. The van der Waals surface area contributed by atoms with Crippen molar-refractivity contribution in [2.45, 2.75) is 52.7 Å². The molecule has 10 nitrogen and oxygen atoms in total. The molecule has 0 spiro atoms. The van der Waals surface area contributed by atoms with E-state index < -0.39 is 23.4 Å². The fourth-order valence-electron chi connectivity index (χ4n) is 3.19. The molecular formula is C25H31N5O5. The topological polar surface area (TPSA) is 115 Å². The molecule has 1 aromatic carbocycles. The van der Waals surface area contributed by atoms with Gasteiger partial charge in [-0.3, -0.25) is 9.69 Å². The van der Waals surface area contributed by atoms with Crippen LogP contribution >= 0.6 is 0 Å². The quantitative estimate of drug-likeness (QED) is 0.516. The summed E-state index contributed by atoms with van der Waals surface area (Å²) in [5, 5.41) is 6.98. The van der Waals surface area contributed by atoms with Gasteiger partial charge >= 0.3 is 12.2 Å². The van der Waals surface area contributed by atoms with Crippen LogP contribution in [0.3, 0.4) is 0 Å². The molecule has 0 atom stereocenters. The average molecular weight is 482 g/mol. The smallest absolute Gasteiger partial charge is 0.416 e. The lowest BCUT2D eigenvalue weighted by Crippen LogP contribution is -2.43. The molecule has 2 aromatic heterocycles. The van der Waals surface area contributed by atoms with Crippen LogP contribution in [0.5, 0.6) is 0 Å². The molecular weight excluding hydrogens is 450 g/mol. The van der Waals surface area contributed by atoms with Gasteiger partial charge in [0.25, 0.3) is 0 Å². The lowest BCUT2D eigenvalue weighted by Gasteiger charge is -2.27. The number of nitrogens with one attached hydrogen (secondary N) is 1. The standard InChI is InChI=1S/C25H31N5O5/c1-24(2,3)34-22(32)26-11-13-29(23(33)35-25(4,5)6)20-10-12-30-21(28-20)19(15-27-30)18-9-7-8-17(14-18)16-31/h7-10,12,14-16H,11,13H2,1-6H3,(H,26,32). The van der Waals surface area contributed by atoms with Gasteiger partial charge in [-0.15, -0.1) is 0 Å². The minimum absolute atomic E-state index is 0.0986. The van der Waals surface area contributed by atoms with Gasteiger partial charge in [0.15, 0.2) is 5.65 Å². The molecule has 0 bridgehead atoms. The van der Waals surface area contributed by atoms with Gasteiger partial charge in [-0.25, -0.2) is 19.1 Å². The summed E-state index contributed by atoms with van der Waals surface area (Å²) in [4.78, 5) is 42.3. The number of rotatable bonds is 6. The predicted molar refractivity (Wildman–Crippen MR) is 132 cm³/mol. The second-order valence-corrected chi connectivity index (χ2v) is 9.92. The van der Waals surface area contributed by atoms with E-state index in [4.69, 9.17) is 9.47 Å². The first kappa shape index (κ1) is 25.7. The summed E-state index contributed by atoms with van der Waals surface area (Å²) in [5.41, 5.74) is 1.13. The van der Waals surface area contributed by atoms with Crippen molar-refractivity contribution in [2.24, 2.45) is 0 Å². The van der Waals surface area contributed by atoms with Crippen LogP contribution in [-0.2, 0) is 9.47 Å². The summed E-state index contributed by atoms with van der Waals surface area (Å²) in [6.45, 7) is 10.8. The number of anilines is 1. The Morgan fingerprint density at radius 1 is 1.09 bits per heavy atom. The van der Waals surface area contributed by atoms with Crippen LogP contribution in [0.1, 0.15) is 51.9 Å². The van der Waals surface area contributed by atoms with Gasteiger partial charge in [0, 0.05) is 30.4 Å². The van der Waals surface area contributed by atoms with Crippen molar-refractivity contribution < 1.29 is 23.9 Å². The Balaban J connectivity index is 1.91. The van der Waals surface area contributed by atoms with Crippen LogP contribution in [0, 0.1) is 0 Å². The molecule has 2 amide bonds. The number of aromatic nitrogens is 3. The van der Waals surface area contributed by atoms with E-state index in [-0.39, 0.29) is 13.1 Å². The first-order chi connectivity index (χ1) is 16.4. The normalized spacial score (nSPS) is 11.7. The number of hydrogen-bond donors (Lipinski definition) is 1. The summed E-state index contributed by atoms with van der Waals surface area (Å²) in [5.74, 6) is 0.325. The number of nitrogens with zero attached hydrogens (tertiary/aromatic N) is 4. The third-order valence-electron chi connectivity index (χ3n) is 4.58. The number of carbonyl (C=O) groups excluding carboxylic acids is 3. The minimum atomic E-state index is -0.727. The highest BCUT2D eigenvalue weighted by Crippen LogP contribution is 2.26. The van der Waals surface area contributed by atoms with E-state index >= 15 is 0 Å². The van der Waals surface area contributed by atoms with Crippen LogP contribution in [-0.4, -0.2) is 57.4 Å². The van der Waals surface area contributed by atoms with E-state index in [2.05, 4.69) is 15.4 Å². The molecule has 0 aliphatic rings. The van der Waals surface area contributed by atoms with Crippen LogP contribution in [0.4, 0.5) is 15.4 Å². The van der Waals surface area contributed by atoms with Crippen LogP contribution in [0.25, 0.3) is 16.8 Å². The number of amides is 2. The molecule has 10 heteroatoms. The van der Waals surface area contributed by atoms with Gasteiger partial charge < -0.3 is 14.8 Å². The monoisotopic (exact) mass is 481 g/mol. The average Bonchev–Trinajstić information content (AvgIpc) is 3.17. The number of benzene rings is 1. The van der Waals surface area contributed by atoms with Crippen molar-refractivity contribution in [3.63, 3.8) is 0 Å². The summed E-state index contributed by atoms with van der Waals surface area (Å²) in [7, 11) is 0. The molecule has 35 heavy (non-hydrogen) atoms. The maximum absolute atomic E-state index is 13.0. The number of carbonyl (C=O) groups is 3. The van der Waals surface area contributed by atoms with Gasteiger partial charge in [-0.1, -0.05) is 18.2 Å². The Morgan fingerprint density at radius 2 is 1.80 bits per heavy atom. The summed E-state index contributed by atoms with van der Waals surface area (Å²) in [6.07, 6.45) is 2.92. The Morgan fingerprint density at radius 3 is 2.46 bits per heavy atom. The van der Waals surface area contributed by atoms with Crippen molar-refractivity contribution in [1.29, 1.82) is 0 Å². The third kappa shape index (κ3) is 7.02. The molecule has 0 radical (unpaired) electrons. The molecule has 0 fully saturated rings. The molecule has 2 heterocycles. The molecule has 3 aromatic rings. The second-order valence-electron chi connectivity index (χ2n) is 9.92. The largest absolute Gasteiger partial charge is 0.444 e. The van der Waals surface area contributed by atoms with Crippen molar-refractivity contribution >= 4 is 29.9 Å². The number of aldehydes is 1. The highest BCUT2D eigenvalue weighted by molar-refractivity contribution is 5.88. The van der Waals surface area contributed by atoms with Crippen LogP contribution < -0.4 is 10.2 Å². The van der Waals surface area contributed by atoms with E-state index in [0.717, 1.165) is 11.8 Å². The van der Waals surface area contributed by atoms with Gasteiger partial charge in [0.2, 0.25) is 0 Å². The minimum Gasteiger partial charge on any atom is -0.444 e. The molecule has 3 rings (SSSR count). The highest BCUT2D eigenvalue weighted by Gasteiger charge is 2.25. The molecule has 0 aliphatic heterocycles. The molecule has 0 aliphatic carbocycles. The van der Waals surface area contributed by atoms with E-state index in [1.165, 1.54) is 4.90 Å². The van der Waals surface area contributed by atoms with Gasteiger partial charge in [-0.2, -0.15) is 5.10 Å². The van der Waals surface area contributed by atoms with Crippen molar-refractivity contribution in [3.05, 3.63) is 48.3 Å². The number of alkyl carbamates (subject to hydrolysis) is 1. The van der Waals surface area contributed by atoms with E-state index in [9.17, 15) is 14.4 Å². The van der Waals surface area contributed by atoms with E-state index in [0.29, 0.717) is 22.6 Å². The Labute approximate surface area is 204 Å². The summed E-state index contributed by atoms with van der Waals surface area (Å²) < 4.78 is 12.4. The molecule has 1 N–H and O–H groups in total. The first-order valence-corrected chi connectivity index (χ1v) is 11.2. The molecule has 186 valence electrons. The van der Waals surface area contributed by atoms with Crippen LogP contribution in [0.2, 0.25) is 0 Å². The summed E-state index contributed by atoms with van der Waals surface area (Å²) in [6, 6.07) is 8.73. The zero-order valence-corrected chi connectivity index (χ0v) is 20.9. The number of fused-ring (bicyclic) bond motifs is 1. The third-order valence-corrected chi connectivity index (χ3v) is 4.58. The maximum Gasteiger partial charge on any atom is 0.416 e. The Kier molecular flexibility index (Phi) is 7.42. The summed E-state index contributed by atoms with van der Waals surface area (Å²) >= 11 is 0. The second kappa shape index (κ2) is 10.1. The maximum atomic E-state index is 13.0. The van der Waals surface area contributed by atoms with Gasteiger partial charge in [-0.05, 0) is 59.2 Å². The van der Waals surface area contributed by atoms with Crippen molar-refractivity contribution in [3.8, 4) is 11.1 Å². The SMILES string of the molecule is CC(C)(C)OC(=O)NCCN(C(=O)OC(C)(C)C)c1ccn2ncc(-c3cccc(C=O)c3)c2n1. The van der Waals surface area contributed by atoms with Gasteiger partial charge in [0.1, 0.15) is 23.3 Å². The van der Waals surface area contributed by atoms with Crippen molar-refractivity contribution in [1.82, 2.24) is 19.9 Å². The lowest BCUT2D eigenvalue weighted by molar-refractivity contribution is 0.0512. The number of ether oxygens (including phenoxy) is 2. The Bertz CT molecular complexity index is 1220. The van der Waals surface area contributed by atoms with E-state index in [1.807, 2.05) is 6.07 Å².